The predicted molar refractivity (Wildman–Crippen MR) is 65.3 cm³/mol. The number of phenolic OH excluding ortho intramolecular Hbond substituents is 1. The highest BCUT2D eigenvalue weighted by Gasteiger charge is 2.30. The molecule has 0 atom stereocenters. The van der Waals surface area contributed by atoms with Gasteiger partial charge in [0.2, 0.25) is 0 Å². The normalized spacial score (nSPS) is 11.2. The van der Waals surface area contributed by atoms with Crippen LogP contribution >= 0.6 is 0 Å². The van der Waals surface area contributed by atoms with Gasteiger partial charge in [-0.05, 0) is 24.3 Å². The molecule has 2 aromatic rings. The number of alkyl halides is 3. The first-order valence-electron chi connectivity index (χ1n) is 5.50. The third kappa shape index (κ3) is 3.25. The number of pyridine rings is 1. The molecule has 0 bridgehead atoms. The van der Waals surface area contributed by atoms with Crippen molar-refractivity contribution in [1.82, 2.24) is 4.98 Å². The van der Waals surface area contributed by atoms with Gasteiger partial charge in [0.15, 0.2) is 0 Å². The van der Waals surface area contributed by atoms with E-state index < -0.39 is 17.6 Å². The molecule has 0 aliphatic carbocycles. The molecule has 0 saturated carbocycles. The number of amides is 1. The number of carbonyl (C=O) groups is 1. The van der Waals surface area contributed by atoms with Crippen LogP contribution in [0.1, 0.15) is 16.1 Å². The third-order valence-electron chi connectivity index (χ3n) is 2.43. The highest BCUT2D eigenvalue weighted by molar-refractivity contribution is 6.02. The fraction of sp³-hybridized carbons (Fsp3) is 0.0769. The van der Waals surface area contributed by atoms with Crippen LogP contribution < -0.4 is 5.32 Å². The smallest absolute Gasteiger partial charge is 0.417 e. The first-order chi connectivity index (χ1) is 9.36. The van der Waals surface area contributed by atoms with Crippen molar-refractivity contribution in [2.75, 3.05) is 5.32 Å². The van der Waals surface area contributed by atoms with Gasteiger partial charge in [-0.3, -0.25) is 9.78 Å². The SMILES string of the molecule is O=C(Nc1cccc(O)c1)c1ccc(C(F)(F)F)cn1. The zero-order chi connectivity index (χ0) is 14.8. The summed E-state index contributed by atoms with van der Waals surface area (Å²) in [6, 6.07) is 7.55. The molecular weight excluding hydrogens is 273 g/mol. The number of anilines is 1. The maximum absolute atomic E-state index is 12.3. The Balaban J connectivity index is 2.14. The van der Waals surface area contributed by atoms with Crippen molar-refractivity contribution in [3.63, 3.8) is 0 Å². The molecule has 1 heterocycles. The number of benzene rings is 1. The van der Waals surface area contributed by atoms with E-state index in [4.69, 9.17) is 0 Å². The van der Waals surface area contributed by atoms with E-state index in [1.807, 2.05) is 0 Å². The van der Waals surface area contributed by atoms with E-state index in [1.165, 1.54) is 24.3 Å². The number of phenols is 1. The van der Waals surface area contributed by atoms with Gasteiger partial charge in [-0.15, -0.1) is 0 Å². The lowest BCUT2D eigenvalue weighted by Gasteiger charge is -2.07. The fourth-order valence-electron chi connectivity index (χ4n) is 1.47. The van der Waals surface area contributed by atoms with Gasteiger partial charge in [0.05, 0.1) is 5.56 Å². The van der Waals surface area contributed by atoms with Crippen LogP contribution in [-0.4, -0.2) is 16.0 Å². The van der Waals surface area contributed by atoms with Crippen molar-refractivity contribution in [3.05, 3.63) is 53.9 Å². The van der Waals surface area contributed by atoms with Crippen LogP contribution in [-0.2, 0) is 6.18 Å². The predicted octanol–water partition coefficient (Wildman–Crippen LogP) is 3.06. The lowest BCUT2D eigenvalue weighted by Crippen LogP contribution is -2.14. The summed E-state index contributed by atoms with van der Waals surface area (Å²) in [7, 11) is 0. The Morgan fingerprint density at radius 3 is 2.50 bits per heavy atom. The van der Waals surface area contributed by atoms with Crippen LogP contribution in [0.2, 0.25) is 0 Å². The van der Waals surface area contributed by atoms with Gasteiger partial charge in [-0.25, -0.2) is 0 Å². The highest BCUT2D eigenvalue weighted by atomic mass is 19.4. The van der Waals surface area contributed by atoms with E-state index in [0.29, 0.717) is 11.9 Å². The second-order valence-corrected chi connectivity index (χ2v) is 3.93. The zero-order valence-corrected chi connectivity index (χ0v) is 9.98. The highest BCUT2D eigenvalue weighted by Crippen LogP contribution is 2.28. The molecule has 0 unspecified atom stereocenters. The van der Waals surface area contributed by atoms with E-state index in [1.54, 1.807) is 0 Å². The third-order valence-corrected chi connectivity index (χ3v) is 2.43. The Morgan fingerprint density at radius 1 is 1.20 bits per heavy atom. The lowest BCUT2D eigenvalue weighted by atomic mass is 10.2. The Bertz CT molecular complexity index is 624. The minimum atomic E-state index is -4.49. The maximum atomic E-state index is 12.3. The molecule has 0 aliphatic heterocycles. The average molecular weight is 282 g/mol. The fourth-order valence-corrected chi connectivity index (χ4v) is 1.47. The summed E-state index contributed by atoms with van der Waals surface area (Å²) in [6.07, 6.45) is -3.90. The van der Waals surface area contributed by atoms with Crippen molar-refractivity contribution in [2.24, 2.45) is 0 Å². The molecule has 0 aliphatic rings. The molecule has 2 rings (SSSR count). The molecule has 104 valence electrons. The van der Waals surface area contributed by atoms with Crippen molar-refractivity contribution in [2.45, 2.75) is 6.18 Å². The van der Waals surface area contributed by atoms with Gasteiger partial charge < -0.3 is 10.4 Å². The van der Waals surface area contributed by atoms with Gasteiger partial charge in [0.25, 0.3) is 5.91 Å². The van der Waals surface area contributed by atoms with E-state index >= 15 is 0 Å². The van der Waals surface area contributed by atoms with Crippen molar-refractivity contribution < 1.29 is 23.1 Å². The molecule has 7 heteroatoms. The van der Waals surface area contributed by atoms with Crippen LogP contribution in [0.3, 0.4) is 0 Å². The molecule has 1 aromatic heterocycles. The van der Waals surface area contributed by atoms with Gasteiger partial charge >= 0.3 is 6.18 Å². The van der Waals surface area contributed by atoms with E-state index in [2.05, 4.69) is 10.3 Å². The Labute approximate surface area is 111 Å². The first kappa shape index (κ1) is 13.9. The number of nitrogens with one attached hydrogen (secondary N) is 1. The van der Waals surface area contributed by atoms with E-state index in [9.17, 15) is 23.1 Å². The summed E-state index contributed by atoms with van der Waals surface area (Å²) in [5.74, 6) is -0.701. The summed E-state index contributed by atoms with van der Waals surface area (Å²) in [5.41, 5.74) is -0.760. The van der Waals surface area contributed by atoms with Crippen LogP contribution in [0, 0.1) is 0 Å². The number of halogens is 3. The van der Waals surface area contributed by atoms with Gasteiger partial charge in [0, 0.05) is 18.0 Å². The number of hydrogen-bond acceptors (Lipinski definition) is 3. The van der Waals surface area contributed by atoms with Gasteiger partial charge in [-0.2, -0.15) is 13.2 Å². The van der Waals surface area contributed by atoms with Crippen LogP contribution in [0.15, 0.2) is 42.6 Å². The first-order valence-corrected chi connectivity index (χ1v) is 5.50. The summed E-state index contributed by atoms with van der Waals surface area (Å²) in [4.78, 5) is 15.2. The second-order valence-electron chi connectivity index (χ2n) is 3.93. The standard InChI is InChI=1S/C13H9F3N2O2/c14-13(15,16)8-4-5-11(17-7-8)12(20)18-9-2-1-3-10(19)6-9/h1-7,19H,(H,18,20). The molecule has 0 fully saturated rings. The minimum Gasteiger partial charge on any atom is -0.508 e. The monoisotopic (exact) mass is 282 g/mol. The second kappa shape index (κ2) is 5.20. The maximum Gasteiger partial charge on any atom is 0.417 e. The van der Waals surface area contributed by atoms with Gasteiger partial charge in [0.1, 0.15) is 11.4 Å². The summed E-state index contributed by atoms with van der Waals surface area (Å²) in [6.45, 7) is 0. The van der Waals surface area contributed by atoms with E-state index in [0.717, 1.165) is 12.1 Å². The number of carbonyl (C=O) groups excluding carboxylic acids is 1. The minimum absolute atomic E-state index is 0.0387. The largest absolute Gasteiger partial charge is 0.508 e. The Kier molecular flexibility index (Phi) is 3.60. The van der Waals surface area contributed by atoms with Crippen LogP contribution in [0.25, 0.3) is 0 Å². The molecule has 1 aromatic carbocycles. The lowest BCUT2D eigenvalue weighted by molar-refractivity contribution is -0.137. The zero-order valence-electron chi connectivity index (χ0n) is 9.98. The molecule has 0 radical (unpaired) electrons. The molecule has 0 saturated heterocycles. The number of hydrogen-bond donors (Lipinski definition) is 2. The molecule has 1 amide bonds. The molecule has 0 spiro atoms. The average Bonchev–Trinajstić information content (AvgIpc) is 2.38. The Hall–Kier alpha value is -2.57. The summed E-state index contributed by atoms with van der Waals surface area (Å²) < 4.78 is 37.0. The van der Waals surface area contributed by atoms with Crippen molar-refractivity contribution in [1.29, 1.82) is 0 Å². The number of aromatic hydroxyl groups is 1. The number of rotatable bonds is 2. The molecule has 2 N–H and O–H groups in total. The van der Waals surface area contributed by atoms with Crippen LogP contribution in [0.4, 0.5) is 18.9 Å². The molecule has 20 heavy (non-hydrogen) atoms. The van der Waals surface area contributed by atoms with Crippen molar-refractivity contribution >= 4 is 11.6 Å². The van der Waals surface area contributed by atoms with Crippen LogP contribution in [0.5, 0.6) is 5.75 Å². The quantitative estimate of drug-likeness (QED) is 0.889. The number of aromatic nitrogens is 1. The molecule has 4 nitrogen and oxygen atoms in total. The topological polar surface area (TPSA) is 62.2 Å². The van der Waals surface area contributed by atoms with Crippen molar-refractivity contribution in [3.8, 4) is 5.75 Å². The van der Waals surface area contributed by atoms with E-state index in [-0.39, 0.29) is 11.4 Å². The van der Waals surface area contributed by atoms with Gasteiger partial charge in [-0.1, -0.05) is 6.07 Å². The Morgan fingerprint density at radius 2 is 1.95 bits per heavy atom. The summed E-state index contributed by atoms with van der Waals surface area (Å²) >= 11 is 0. The number of nitrogens with zero attached hydrogens (tertiary/aromatic N) is 1. The molecular formula is C13H9F3N2O2. The summed E-state index contributed by atoms with van der Waals surface area (Å²) in [5, 5.41) is 11.6.